The molecule has 0 saturated heterocycles. The van der Waals surface area contributed by atoms with E-state index in [0.29, 0.717) is 12.1 Å². The molecule has 0 aliphatic carbocycles. The molecule has 18 heavy (non-hydrogen) atoms. The molecule has 0 radical (unpaired) electrons. The van der Waals surface area contributed by atoms with Crippen LogP contribution in [0.3, 0.4) is 0 Å². The number of carboxylic acids is 1. The van der Waals surface area contributed by atoms with Gasteiger partial charge >= 0.3 is 5.97 Å². The Hall–Kier alpha value is -1.97. The summed E-state index contributed by atoms with van der Waals surface area (Å²) in [7, 11) is 0. The highest BCUT2D eigenvalue weighted by Crippen LogP contribution is 2.18. The molecule has 1 unspecified atom stereocenters. The first-order valence-electron chi connectivity index (χ1n) is 6.05. The van der Waals surface area contributed by atoms with Crippen molar-refractivity contribution < 1.29 is 14.6 Å². The van der Waals surface area contributed by atoms with Gasteiger partial charge in [-0.1, -0.05) is 6.07 Å². The van der Waals surface area contributed by atoms with Gasteiger partial charge in [0.25, 0.3) is 0 Å². The smallest absolute Gasteiger partial charge is 0.335 e. The lowest BCUT2D eigenvalue weighted by molar-refractivity contribution is 0.0697. The van der Waals surface area contributed by atoms with Crippen molar-refractivity contribution in [1.82, 2.24) is 0 Å². The van der Waals surface area contributed by atoms with Crippen LogP contribution in [-0.4, -0.2) is 23.7 Å². The van der Waals surface area contributed by atoms with Crippen LogP contribution in [0.5, 0.6) is 0 Å². The molecule has 1 aromatic rings. The summed E-state index contributed by atoms with van der Waals surface area (Å²) in [6.45, 7) is 2.64. The van der Waals surface area contributed by atoms with Crippen LogP contribution < -0.4 is 5.32 Å². The Balaban J connectivity index is 2.01. The highest BCUT2D eigenvalue weighted by Gasteiger charge is 2.12. The van der Waals surface area contributed by atoms with E-state index in [1.165, 1.54) is 0 Å². The summed E-state index contributed by atoms with van der Waals surface area (Å²) in [5, 5.41) is 12.2. The number of rotatable bonds is 4. The topological polar surface area (TPSA) is 58.6 Å². The number of carbonyl (C=O) groups is 1. The zero-order valence-corrected chi connectivity index (χ0v) is 10.3. The van der Waals surface area contributed by atoms with Crippen molar-refractivity contribution in [3.63, 3.8) is 0 Å². The Morgan fingerprint density at radius 3 is 3.06 bits per heavy atom. The van der Waals surface area contributed by atoms with Crippen LogP contribution in [0.4, 0.5) is 5.69 Å². The number of benzene rings is 1. The van der Waals surface area contributed by atoms with Crippen LogP contribution in [0.15, 0.2) is 30.5 Å². The molecule has 2 rings (SSSR count). The van der Waals surface area contributed by atoms with E-state index in [1.54, 1.807) is 18.4 Å². The molecule has 1 heterocycles. The Bertz CT molecular complexity index is 468. The van der Waals surface area contributed by atoms with E-state index in [4.69, 9.17) is 9.84 Å². The zero-order chi connectivity index (χ0) is 13.0. The number of hydrogen-bond acceptors (Lipinski definition) is 3. The third-order valence-electron chi connectivity index (χ3n) is 3.03. The second-order valence-corrected chi connectivity index (χ2v) is 4.42. The van der Waals surface area contributed by atoms with Gasteiger partial charge in [0.2, 0.25) is 0 Å². The minimum absolute atomic E-state index is 0.155. The second-order valence-electron chi connectivity index (χ2n) is 4.42. The zero-order valence-electron chi connectivity index (χ0n) is 10.3. The molecule has 4 heteroatoms. The van der Waals surface area contributed by atoms with E-state index in [9.17, 15) is 4.79 Å². The van der Waals surface area contributed by atoms with E-state index in [-0.39, 0.29) is 6.10 Å². The van der Waals surface area contributed by atoms with Crippen molar-refractivity contribution in [1.29, 1.82) is 0 Å². The summed E-state index contributed by atoms with van der Waals surface area (Å²) in [4.78, 5) is 10.9. The summed E-state index contributed by atoms with van der Waals surface area (Å²) in [5.41, 5.74) is 2.19. The van der Waals surface area contributed by atoms with E-state index in [0.717, 1.165) is 24.1 Å². The van der Waals surface area contributed by atoms with Gasteiger partial charge in [0, 0.05) is 5.69 Å². The molecule has 96 valence electrons. The predicted molar refractivity (Wildman–Crippen MR) is 69.9 cm³/mol. The number of hydrogen-bond donors (Lipinski definition) is 2. The Labute approximate surface area is 106 Å². The van der Waals surface area contributed by atoms with Gasteiger partial charge in [0.05, 0.1) is 18.4 Å². The SMILES string of the molecule is Cc1ccc(C(=O)O)cc1NCC1CCC=CO1. The average molecular weight is 247 g/mol. The highest BCUT2D eigenvalue weighted by atomic mass is 16.5. The maximum Gasteiger partial charge on any atom is 0.335 e. The lowest BCUT2D eigenvalue weighted by Crippen LogP contribution is -2.23. The molecule has 1 aliphatic heterocycles. The van der Waals surface area contributed by atoms with Gasteiger partial charge in [0.15, 0.2) is 0 Å². The summed E-state index contributed by atoms with van der Waals surface area (Å²) in [5.74, 6) is -0.908. The minimum Gasteiger partial charge on any atom is -0.497 e. The molecule has 0 amide bonds. The lowest BCUT2D eigenvalue weighted by atomic mass is 10.1. The highest BCUT2D eigenvalue weighted by molar-refractivity contribution is 5.89. The number of ether oxygens (including phenoxy) is 1. The monoisotopic (exact) mass is 247 g/mol. The number of aromatic carboxylic acids is 1. The third-order valence-corrected chi connectivity index (χ3v) is 3.03. The van der Waals surface area contributed by atoms with E-state index < -0.39 is 5.97 Å². The maximum atomic E-state index is 10.9. The van der Waals surface area contributed by atoms with Gasteiger partial charge < -0.3 is 15.2 Å². The molecule has 0 saturated carbocycles. The second kappa shape index (κ2) is 5.58. The summed E-state index contributed by atoms with van der Waals surface area (Å²) < 4.78 is 5.46. The van der Waals surface area contributed by atoms with Crippen LogP contribution in [0.1, 0.15) is 28.8 Å². The van der Waals surface area contributed by atoms with Gasteiger partial charge in [-0.3, -0.25) is 0 Å². The maximum absolute atomic E-state index is 10.9. The number of allylic oxidation sites excluding steroid dienone is 1. The van der Waals surface area contributed by atoms with Gasteiger partial charge in [0.1, 0.15) is 6.10 Å². The first kappa shape index (κ1) is 12.5. The molecule has 2 N–H and O–H groups in total. The van der Waals surface area contributed by atoms with Crippen molar-refractivity contribution >= 4 is 11.7 Å². The summed E-state index contributed by atoms with van der Waals surface area (Å²) >= 11 is 0. The van der Waals surface area contributed by atoms with Crippen LogP contribution in [0.25, 0.3) is 0 Å². The van der Waals surface area contributed by atoms with E-state index in [1.807, 2.05) is 19.1 Å². The Morgan fingerprint density at radius 1 is 1.56 bits per heavy atom. The minimum atomic E-state index is -0.908. The molecule has 1 aromatic carbocycles. The molecule has 0 spiro atoms. The number of anilines is 1. The molecule has 1 atom stereocenters. The van der Waals surface area contributed by atoms with E-state index >= 15 is 0 Å². The van der Waals surface area contributed by atoms with Crippen molar-refractivity contribution in [3.8, 4) is 0 Å². The fourth-order valence-corrected chi connectivity index (χ4v) is 1.90. The van der Waals surface area contributed by atoms with Crippen LogP contribution in [0, 0.1) is 6.92 Å². The van der Waals surface area contributed by atoms with Crippen LogP contribution in [-0.2, 0) is 4.74 Å². The van der Waals surface area contributed by atoms with Gasteiger partial charge in [-0.2, -0.15) is 0 Å². The van der Waals surface area contributed by atoms with Crippen molar-refractivity contribution in [2.75, 3.05) is 11.9 Å². The molecule has 0 bridgehead atoms. The molecule has 1 aliphatic rings. The fourth-order valence-electron chi connectivity index (χ4n) is 1.90. The molecule has 4 nitrogen and oxygen atoms in total. The standard InChI is InChI=1S/C14H17NO3/c1-10-5-6-11(14(16)17)8-13(10)15-9-12-4-2-3-7-18-12/h3,5-8,12,15H,2,4,9H2,1H3,(H,16,17). The quantitative estimate of drug-likeness (QED) is 0.859. The third kappa shape index (κ3) is 3.03. The van der Waals surface area contributed by atoms with Gasteiger partial charge in [-0.15, -0.1) is 0 Å². The van der Waals surface area contributed by atoms with Gasteiger partial charge in [-0.25, -0.2) is 4.79 Å². The normalized spacial score (nSPS) is 18.2. The summed E-state index contributed by atoms with van der Waals surface area (Å²) in [6, 6.07) is 5.09. The fraction of sp³-hybridized carbons (Fsp3) is 0.357. The van der Waals surface area contributed by atoms with Crippen LogP contribution in [0.2, 0.25) is 0 Å². The average Bonchev–Trinajstić information content (AvgIpc) is 2.38. The number of nitrogens with one attached hydrogen (secondary N) is 1. The predicted octanol–water partition coefficient (Wildman–Crippen LogP) is 2.80. The molecular weight excluding hydrogens is 230 g/mol. The number of carboxylic acid groups (broad SMARTS) is 1. The number of aryl methyl sites for hydroxylation is 1. The largest absolute Gasteiger partial charge is 0.497 e. The molecule has 0 fully saturated rings. The first-order valence-corrected chi connectivity index (χ1v) is 6.05. The van der Waals surface area contributed by atoms with Crippen molar-refractivity contribution in [3.05, 3.63) is 41.7 Å². The Kier molecular flexibility index (Phi) is 3.87. The summed E-state index contributed by atoms with van der Waals surface area (Å²) in [6.07, 6.45) is 5.91. The van der Waals surface area contributed by atoms with Gasteiger partial charge in [-0.05, 0) is 43.5 Å². The van der Waals surface area contributed by atoms with Crippen molar-refractivity contribution in [2.45, 2.75) is 25.9 Å². The van der Waals surface area contributed by atoms with Crippen molar-refractivity contribution in [2.24, 2.45) is 0 Å². The molecular formula is C14H17NO3. The van der Waals surface area contributed by atoms with Crippen LogP contribution >= 0.6 is 0 Å². The first-order chi connectivity index (χ1) is 8.66. The lowest BCUT2D eigenvalue weighted by Gasteiger charge is -2.21. The molecule has 0 aromatic heterocycles. The Morgan fingerprint density at radius 2 is 2.39 bits per heavy atom. The van der Waals surface area contributed by atoms with E-state index in [2.05, 4.69) is 5.32 Å².